The SMILES string of the molecule is Nc1ccc(NN2CCNCCNCCNCC2)cc1. The summed E-state index contributed by atoms with van der Waals surface area (Å²) in [6.45, 7) is 7.94. The Hall–Kier alpha value is -1.34. The molecule has 1 fully saturated rings. The molecule has 1 aliphatic rings. The van der Waals surface area contributed by atoms with Gasteiger partial charge in [0.15, 0.2) is 0 Å². The third-order valence-corrected chi connectivity index (χ3v) is 3.27. The second-order valence-electron chi connectivity index (χ2n) is 4.97. The molecular weight excluding hydrogens is 252 g/mol. The summed E-state index contributed by atoms with van der Waals surface area (Å²) in [4.78, 5) is 0. The smallest absolute Gasteiger partial charge is 0.0491 e. The van der Waals surface area contributed by atoms with Gasteiger partial charge in [0.2, 0.25) is 0 Å². The molecule has 0 radical (unpaired) electrons. The number of benzene rings is 1. The van der Waals surface area contributed by atoms with Crippen LogP contribution < -0.4 is 27.1 Å². The van der Waals surface area contributed by atoms with E-state index in [0.717, 1.165) is 63.7 Å². The van der Waals surface area contributed by atoms with E-state index in [-0.39, 0.29) is 0 Å². The van der Waals surface area contributed by atoms with Crippen LogP contribution in [-0.2, 0) is 0 Å². The molecule has 0 bridgehead atoms. The molecule has 1 saturated heterocycles. The van der Waals surface area contributed by atoms with Crippen LogP contribution in [0.25, 0.3) is 0 Å². The van der Waals surface area contributed by atoms with Crippen LogP contribution in [-0.4, -0.2) is 57.4 Å². The first-order chi connectivity index (χ1) is 9.84. The van der Waals surface area contributed by atoms with Crippen molar-refractivity contribution in [3.8, 4) is 0 Å². The van der Waals surface area contributed by atoms with Crippen LogP contribution in [0.3, 0.4) is 0 Å². The second-order valence-corrected chi connectivity index (χ2v) is 4.97. The lowest BCUT2D eigenvalue weighted by molar-refractivity contribution is 0.321. The molecule has 0 saturated carbocycles. The molecule has 6 heteroatoms. The molecule has 112 valence electrons. The third kappa shape index (κ3) is 5.75. The van der Waals surface area contributed by atoms with E-state index in [1.54, 1.807) is 0 Å². The fourth-order valence-corrected chi connectivity index (χ4v) is 2.12. The van der Waals surface area contributed by atoms with Crippen molar-refractivity contribution in [3.05, 3.63) is 24.3 Å². The highest BCUT2D eigenvalue weighted by Gasteiger charge is 2.05. The lowest BCUT2D eigenvalue weighted by Gasteiger charge is -2.25. The number of nitrogen functional groups attached to an aromatic ring is 1. The van der Waals surface area contributed by atoms with Gasteiger partial charge in [0, 0.05) is 63.7 Å². The highest BCUT2D eigenvalue weighted by molar-refractivity contribution is 5.50. The molecule has 6 N–H and O–H groups in total. The molecule has 0 aliphatic carbocycles. The number of nitrogens with two attached hydrogens (primary N) is 1. The topological polar surface area (TPSA) is 77.4 Å². The van der Waals surface area contributed by atoms with E-state index in [9.17, 15) is 0 Å². The van der Waals surface area contributed by atoms with Crippen molar-refractivity contribution in [2.24, 2.45) is 0 Å². The summed E-state index contributed by atoms with van der Waals surface area (Å²) in [6, 6.07) is 7.86. The number of nitrogens with zero attached hydrogens (tertiary/aromatic N) is 1. The van der Waals surface area contributed by atoms with Crippen molar-refractivity contribution in [1.82, 2.24) is 21.0 Å². The lowest BCUT2D eigenvalue weighted by atomic mass is 10.3. The van der Waals surface area contributed by atoms with Crippen molar-refractivity contribution < 1.29 is 0 Å². The molecule has 20 heavy (non-hydrogen) atoms. The lowest BCUT2D eigenvalue weighted by Crippen LogP contribution is -2.43. The zero-order valence-corrected chi connectivity index (χ0v) is 12.0. The normalized spacial score (nSPS) is 19.8. The van der Waals surface area contributed by atoms with E-state index >= 15 is 0 Å². The Balaban J connectivity index is 1.83. The molecule has 1 aliphatic heterocycles. The van der Waals surface area contributed by atoms with Crippen LogP contribution in [0.2, 0.25) is 0 Å². The number of nitrogens with one attached hydrogen (secondary N) is 4. The molecule has 1 aromatic rings. The van der Waals surface area contributed by atoms with Gasteiger partial charge in [-0.1, -0.05) is 0 Å². The molecular formula is C14H26N6. The van der Waals surface area contributed by atoms with E-state index in [0.29, 0.717) is 0 Å². The fourth-order valence-electron chi connectivity index (χ4n) is 2.12. The molecule has 0 atom stereocenters. The number of hydrazine groups is 1. The van der Waals surface area contributed by atoms with Gasteiger partial charge in [0.1, 0.15) is 0 Å². The minimum atomic E-state index is 0.792. The average molecular weight is 278 g/mol. The van der Waals surface area contributed by atoms with Crippen LogP contribution in [0, 0.1) is 0 Å². The van der Waals surface area contributed by atoms with E-state index in [2.05, 4.69) is 26.4 Å². The number of rotatable bonds is 2. The van der Waals surface area contributed by atoms with E-state index < -0.39 is 0 Å². The Morgan fingerprint density at radius 1 is 0.800 bits per heavy atom. The zero-order chi connectivity index (χ0) is 14.0. The summed E-state index contributed by atoms with van der Waals surface area (Å²) in [5.74, 6) is 0. The number of anilines is 2. The van der Waals surface area contributed by atoms with Gasteiger partial charge < -0.3 is 27.1 Å². The fraction of sp³-hybridized carbons (Fsp3) is 0.571. The number of hydrogen-bond donors (Lipinski definition) is 5. The minimum absolute atomic E-state index is 0.792. The largest absolute Gasteiger partial charge is 0.399 e. The van der Waals surface area contributed by atoms with Crippen LogP contribution in [0.5, 0.6) is 0 Å². The first-order valence-corrected chi connectivity index (χ1v) is 7.34. The van der Waals surface area contributed by atoms with Crippen molar-refractivity contribution in [3.63, 3.8) is 0 Å². The van der Waals surface area contributed by atoms with Crippen molar-refractivity contribution in [1.29, 1.82) is 0 Å². The summed E-state index contributed by atoms with van der Waals surface area (Å²) < 4.78 is 0. The maximum atomic E-state index is 5.71. The standard InChI is InChI=1S/C14H26N6/c15-13-1-3-14(4-2-13)19-20-11-9-17-7-5-16-6-8-18-10-12-20/h1-4,16-19H,5-12,15H2. The van der Waals surface area contributed by atoms with Crippen LogP contribution in [0.1, 0.15) is 0 Å². The van der Waals surface area contributed by atoms with Gasteiger partial charge in [-0.2, -0.15) is 0 Å². The highest BCUT2D eigenvalue weighted by atomic mass is 15.5. The maximum Gasteiger partial charge on any atom is 0.0491 e. The Labute approximate surface area is 121 Å². The molecule has 0 aromatic heterocycles. The summed E-state index contributed by atoms with van der Waals surface area (Å²) >= 11 is 0. The molecule has 0 unspecified atom stereocenters. The van der Waals surface area contributed by atoms with E-state index in [4.69, 9.17) is 5.73 Å². The Kier molecular flexibility index (Phi) is 6.59. The van der Waals surface area contributed by atoms with Crippen LogP contribution >= 0.6 is 0 Å². The monoisotopic (exact) mass is 278 g/mol. The number of hydrogen-bond acceptors (Lipinski definition) is 6. The average Bonchev–Trinajstić information content (AvgIpc) is 2.44. The predicted octanol–water partition coefficient (Wildman–Crippen LogP) is -0.320. The maximum absolute atomic E-state index is 5.71. The van der Waals surface area contributed by atoms with Gasteiger partial charge in [-0.05, 0) is 24.3 Å². The minimum Gasteiger partial charge on any atom is -0.399 e. The van der Waals surface area contributed by atoms with Crippen LogP contribution in [0.4, 0.5) is 11.4 Å². The highest BCUT2D eigenvalue weighted by Crippen LogP contribution is 2.11. The quantitative estimate of drug-likeness (QED) is 0.477. The van der Waals surface area contributed by atoms with Gasteiger partial charge in [0.05, 0.1) is 0 Å². The second kappa shape index (κ2) is 8.76. The molecule has 1 aromatic carbocycles. The summed E-state index contributed by atoms with van der Waals surface area (Å²) in [5, 5.41) is 12.5. The first-order valence-electron chi connectivity index (χ1n) is 7.34. The van der Waals surface area contributed by atoms with Gasteiger partial charge in [-0.25, -0.2) is 5.01 Å². The first kappa shape index (κ1) is 15.1. The van der Waals surface area contributed by atoms with Gasteiger partial charge >= 0.3 is 0 Å². The van der Waals surface area contributed by atoms with Crippen molar-refractivity contribution >= 4 is 11.4 Å². The zero-order valence-electron chi connectivity index (χ0n) is 12.0. The van der Waals surface area contributed by atoms with E-state index in [1.807, 2.05) is 24.3 Å². The Morgan fingerprint density at radius 2 is 1.30 bits per heavy atom. The third-order valence-electron chi connectivity index (χ3n) is 3.27. The van der Waals surface area contributed by atoms with E-state index in [1.165, 1.54) is 0 Å². The molecule has 2 rings (SSSR count). The summed E-state index contributed by atoms with van der Waals surface area (Å²) in [6.07, 6.45) is 0. The predicted molar refractivity (Wildman–Crippen MR) is 84.7 cm³/mol. The van der Waals surface area contributed by atoms with Crippen molar-refractivity contribution in [2.45, 2.75) is 0 Å². The van der Waals surface area contributed by atoms with Crippen molar-refractivity contribution in [2.75, 3.05) is 63.5 Å². The Bertz CT molecular complexity index is 354. The molecule has 1 heterocycles. The molecule has 0 amide bonds. The summed E-state index contributed by atoms with van der Waals surface area (Å²) in [7, 11) is 0. The van der Waals surface area contributed by atoms with Gasteiger partial charge in [-0.3, -0.25) is 0 Å². The van der Waals surface area contributed by atoms with Gasteiger partial charge in [-0.15, -0.1) is 0 Å². The Morgan fingerprint density at radius 3 is 1.85 bits per heavy atom. The summed E-state index contributed by atoms with van der Waals surface area (Å²) in [5.41, 5.74) is 11.0. The molecule has 0 spiro atoms. The molecule has 6 nitrogen and oxygen atoms in total. The van der Waals surface area contributed by atoms with Gasteiger partial charge in [0.25, 0.3) is 0 Å². The van der Waals surface area contributed by atoms with Crippen LogP contribution in [0.15, 0.2) is 24.3 Å².